The summed E-state index contributed by atoms with van der Waals surface area (Å²) in [6.45, 7) is 0.834. The summed E-state index contributed by atoms with van der Waals surface area (Å²) in [4.78, 5) is 13.0. The van der Waals surface area contributed by atoms with Gasteiger partial charge in [-0.15, -0.1) is 0 Å². The number of rotatable bonds is 2. The molecule has 0 spiro atoms. The second-order valence-corrected chi connectivity index (χ2v) is 5.02. The molecule has 0 aromatic heterocycles. The first-order chi connectivity index (χ1) is 8.82. The molecule has 2 unspecified atom stereocenters. The zero-order chi connectivity index (χ0) is 14.1. The topological polar surface area (TPSA) is 61.8 Å². The predicted octanol–water partition coefficient (Wildman–Crippen LogP) is -0.109. The van der Waals surface area contributed by atoms with Crippen LogP contribution < -0.4 is 5.32 Å². The Balaban J connectivity index is 1.88. The lowest BCUT2D eigenvalue weighted by Crippen LogP contribution is -2.49. The molecule has 0 aromatic rings. The van der Waals surface area contributed by atoms with Gasteiger partial charge >= 0.3 is 6.18 Å². The number of carbonyl (C=O) groups excluding carboxylic acids is 1. The van der Waals surface area contributed by atoms with Crippen LogP contribution in [-0.4, -0.2) is 66.6 Å². The van der Waals surface area contributed by atoms with Crippen LogP contribution in [0, 0.1) is 0 Å². The van der Waals surface area contributed by atoms with Crippen molar-refractivity contribution in [2.45, 2.75) is 30.7 Å². The quantitative estimate of drug-likeness (QED) is 0.742. The second-order valence-electron chi connectivity index (χ2n) is 5.02. The summed E-state index contributed by atoms with van der Waals surface area (Å²) < 4.78 is 43.0. The molecular formula is C11H17F3N2O3. The van der Waals surface area contributed by atoms with Gasteiger partial charge in [-0.2, -0.15) is 13.2 Å². The minimum atomic E-state index is -4.70. The van der Waals surface area contributed by atoms with E-state index in [1.165, 1.54) is 0 Å². The van der Waals surface area contributed by atoms with Gasteiger partial charge in [0.05, 0.1) is 19.8 Å². The Bertz CT molecular complexity index is 345. The number of likely N-dealkylation sites (tertiary alicyclic amines) is 1. The van der Waals surface area contributed by atoms with Crippen LogP contribution in [0.5, 0.6) is 0 Å². The first-order valence-electron chi connectivity index (χ1n) is 6.20. The molecule has 2 N–H and O–H groups in total. The Hall–Kier alpha value is -0.860. The van der Waals surface area contributed by atoms with Crippen LogP contribution >= 0.6 is 0 Å². The van der Waals surface area contributed by atoms with Crippen LogP contribution in [0.1, 0.15) is 12.8 Å². The lowest BCUT2D eigenvalue weighted by atomic mass is 10.0. The smallest absolute Gasteiger partial charge is 0.379 e. The maximum Gasteiger partial charge on any atom is 0.419 e. The van der Waals surface area contributed by atoms with Gasteiger partial charge < -0.3 is 20.1 Å². The second kappa shape index (κ2) is 5.26. The number of nitrogens with one attached hydrogen (secondary N) is 1. The Labute approximate surface area is 108 Å². The van der Waals surface area contributed by atoms with Crippen molar-refractivity contribution >= 4 is 5.91 Å². The molecule has 0 aromatic carbocycles. The van der Waals surface area contributed by atoms with Crippen LogP contribution in [0.25, 0.3) is 0 Å². The van der Waals surface area contributed by atoms with E-state index in [-0.39, 0.29) is 24.9 Å². The number of aliphatic hydroxyl groups is 1. The molecule has 2 rings (SSSR count). The summed E-state index contributed by atoms with van der Waals surface area (Å²) in [7, 11) is 0. The molecule has 0 bridgehead atoms. The van der Waals surface area contributed by atoms with E-state index in [4.69, 9.17) is 4.74 Å². The molecule has 2 atom stereocenters. The van der Waals surface area contributed by atoms with Gasteiger partial charge in [0.15, 0.2) is 5.60 Å². The third-order valence-corrected chi connectivity index (χ3v) is 3.55. The maximum atomic E-state index is 12.6. The summed E-state index contributed by atoms with van der Waals surface area (Å²) in [6.07, 6.45) is -5.07. The van der Waals surface area contributed by atoms with Crippen LogP contribution in [0.15, 0.2) is 0 Å². The molecule has 19 heavy (non-hydrogen) atoms. The molecular weight excluding hydrogens is 265 g/mol. The highest BCUT2D eigenvalue weighted by Gasteiger charge is 2.57. The van der Waals surface area contributed by atoms with E-state index in [1.807, 2.05) is 0 Å². The predicted molar refractivity (Wildman–Crippen MR) is 59.4 cm³/mol. The van der Waals surface area contributed by atoms with Crippen molar-refractivity contribution in [3.8, 4) is 0 Å². The van der Waals surface area contributed by atoms with Crippen LogP contribution in [0.3, 0.4) is 0 Å². The van der Waals surface area contributed by atoms with E-state index in [1.54, 1.807) is 0 Å². The minimum absolute atomic E-state index is 0.0670. The summed E-state index contributed by atoms with van der Waals surface area (Å²) in [5.41, 5.74) is -2.76. The Morgan fingerprint density at radius 2 is 2.26 bits per heavy atom. The third-order valence-electron chi connectivity index (χ3n) is 3.55. The fraction of sp³-hybridized carbons (Fsp3) is 0.909. The van der Waals surface area contributed by atoms with Crippen molar-refractivity contribution in [2.75, 3.05) is 32.8 Å². The van der Waals surface area contributed by atoms with E-state index in [2.05, 4.69) is 5.32 Å². The van der Waals surface area contributed by atoms with Crippen molar-refractivity contribution in [2.24, 2.45) is 0 Å². The van der Waals surface area contributed by atoms with E-state index in [0.717, 1.165) is 4.90 Å². The average molecular weight is 282 g/mol. The SMILES string of the molecule is O=C(CC1COCCN1)N1CCC(O)(C(F)(F)F)C1. The Morgan fingerprint density at radius 1 is 1.53 bits per heavy atom. The Morgan fingerprint density at radius 3 is 2.79 bits per heavy atom. The molecule has 2 saturated heterocycles. The van der Waals surface area contributed by atoms with Gasteiger partial charge in [0.2, 0.25) is 5.91 Å². The van der Waals surface area contributed by atoms with Crippen molar-refractivity contribution in [1.82, 2.24) is 10.2 Å². The average Bonchev–Trinajstić information content (AvgIpc) is 2.74. The highest BCUT2D eigenvalue weighted by atomic mass is 19.4. The summed E-state index contributed by atoms with van der Waals surface area (Å²) in [5, 5.41) is 12.6. The van der Waals surface area contributed by atoms with Crippen molar-refractivity contribution in [1.29, 1.82) is 0 Å². The number of hydrogen-bond donors (Lipinski definition) is 2. The molecule has 0 aliphatic carbocycles. The van der Waals surface area contributed by atoms with Crippen LogP contribution in [-0.2, 0) is 9.53 Å². The Kier molecular flexibility index (Phi) is 4.03. The first-order valence-corrected chi connectivity index (χ1v) is 6.20. The molecule has 110 valence electrons. The molecule has 2 aliphatic heterocycles. The number of amides is 1. The standard InChI is InChI=1S/C11H17F3N2O3/c12-11(13,14)10(18)1-3-16(7-10)9(17)5-8-6-19-4-2-15-8/h8,15,18H,1-7H2. The number of carbonyl (C=O) groups is 1. The lowest BCUT2D eigenvalue weighted by molar-refractivity contribution is -0.253. The number of β-amino-alcohol motifs (C(OH)–C–C–N with tert-alkyl or cyclic N) is 1. The summed E-state index contributed by atoms with van der Waals surface area (Å²) in [6, 6.07) is -0.166. The number of hydrogen-bond acceptors (Lipinski definition) is 4. The fourth-order valence-corrected chi connectivity index (χ4v) is 2.33. The first kappa shape index (κ1) is 14.5. The number of alkyl halides is 3. The van der Waals surface area contributed by atoms with Crippen molar-refractivity contribution < 1.29 is 27.8 Å². The largest absolute Gasteiger partial charge is 0.419 e. The highest BCUT2D eigenvalue weighted by Crippen LogP contribution is 2.37. The maximum absolute atomic E-state index is 12.6. The highest BCUT2D eigenvalue weighted by molar-refractivity contribution is 5.77. The van der Waals surface area contributed by atoms with Crippen LogP contribution in [0.4, 0.5) is 13.2 Å². The number of halogens is 3. The monoisotopic (exact) mass is 282 g/mol. The van der Waals surface area contributed by atoms with Gasteiger partial charge in [-0.3, -0.25) is 4.79 Å². The normalized spacial score (nSPS) is 32.6. The molecule has 0 saturated carbocycles. The van der Waals surface area contributed by atoms with E-state index < -0.39 is 24.7 Å². The van der Waals surface area contributed by atoms with Gasteiger partial charge in [0, 0.05) is 32.0 Å². The van der Waals surface area contributed by atoms with Gasteiger partial charge in [-0.25, -0.2) is 0 Å². The van der Waals surface area contributed by atoms with Gasteiger partial charge in [0.25, 0.3) is 0 Å². The number of morpholine rings is 1. The van der Waals surface area contributed by atoms with E-state index >= 15 is 0 Å². The lowest BCUT2D eigenvalue weighted by Gasteiger charge is -2.27. The molecule has 5 nitrogen and oxygen atoms in total. The fourth-order valence-electron chi connectivity index (χ4n) is 2.33. The minimum Gasteiger partial charge on any atom is -0.379 e. The van der Waals surface area contributed by atoms with Crippen LogP contribution in [0.2, 0.25) is 0 Å². The zero-order valence-electron chi connectivity index (χ0n) is 10.4. The zero-order valence-corrected chi connectivity index (χ0v) is 10.4. The van der Waals surface area contributed by atoms with E-state index in [0.29, 0.717) is 19.8 Å². The van der Waals surface area contributed by atoms with Gasteiger partial charge in [-0.1, -0.05) is 0 Å². The van der Waals surface area contributed by atoms with Crippen molar-refractivity contribution in [3.63, 3.8) is 0 Å². The summed E-state index contributed by atoms with van der Waals surface area (Å²) >= 11 is 0. The molecule has 2 heterocycles. The third kappa shape index (κ3) is 3.18. The summed E-state index contributed by atoms with van der Waals surface area (Å²) in [5.74, 6) is -0.386. The van der Waals surface area contributed by atoms with Gasteiger partial charge in [-0.05, 0) is 0 Å². The molecule has 1 amide bonds. The van der Waals surface area contributed by atoms with Crippen molar-refractivity contribution in [3.05, 3.63) is 0 Å². The number of ether oxygens (including phenoxy) is 1. The van der Waals surface area contributed by atoms with E-state index in [9.17, 15) is 23.1 Å². The molecule has 0 radical (unpaired) electrons. The number of nitrogens with zero attached hydrogens (tertiary/aromatic N) is 1. The molecule has 2 aliphatic rings. The molecule has 2 fully saturated rings. The molecule has 8 heteroatoms. The van der Waals surface area contributed by atoms with Gasteiger partial charge in [0.1, 0.15) is 0 Å².